The Morgan fingerprint density at radius 1 is 1.21 bits per heavy atom. The first kappa shape index (κ1) is 19.8. The number of urea groups is 1. The summed E-state index contributed by atoms with van der Waals surface area (Å²) in [6.07, 6.45) is -6.21. The highest BCUT2D eigenvalue weighted by molar-refractivity contribution is 5.75. The van der Waals surface area contributed by atoms with E-state index < -0.39 is 39.8 Å². The SMILES string of the molecule is CC(C)NC(=O)/N=c1\ccn(O)c(C(F)(F)C(F)(F)C(F)(F)F)c1. The van der Waals surface area contributed by atoms with Crippen LogP contribution in [-0.4, -0.2) is 34.1 Å². The van der Waals surface area contributed by atoms with Crippen molar-refractivity contribution in [3.8, 4) is 0 Å². The molecule has 24 heavy (non-hydrogen) atoms. The predicted molar refractivity (Wildman–Crippen MR) is 65.7 cm³/mol. The van der Waals surface area contributed by atoms with Crippen LogP contribution in [0.2, 0.25) is 0 Å². The Morgan fingerprint density at radius 3 is 2.21 bits per heavy atom. The molecule has 0 saturated carbocycles. The molecule has 2 N–H and O–H groups in total. The number of carbonyl (C=O) groups excluding carboxylic acids is 1. The number of nitrogens with zero attached hydrogens (tertiary/aromatic N) is 2. The first-order valence-corrected chi connectivity index (χ1v) is 6.30. The Bertz CT molecular complexity index is 680. The molecule has 1 aromatic rings. The van der Waals surface area contributed by atoms with Crippen LogP contribution in [0, 0.1) is 0 Å². The number of rotatable bonds is 3. The summed E-state index contributed by atoms with van der Waals surface area (Å²) in [5.41, 5.74) is -2.08. The van der Waals surface area contributed by atoms with Crippen LogP contribution in [0.3, 0.4) is 0 Å². The third kappa shape index (κ3) is 3.79. The van der Waals surface area contributed by atoms with Crippen molar-refractivity contribution in [3.63, 3.8) is 0 Å². The Balaban J connectivity index is 3.42. The van der Waals surface area contributed by atoms with Crippen molar-refractivity contribution >= 4 is 6.03 Å². The minimum Gasteiger partial charge on any atom is -0.429 e. The second kappa shape index (κ2) is 6.32. The molecule has 1 aromatic heterocycles. The van der Waals surface area contributed by atoms with E-state index in [0.717, 1.165) is 6.07 Å². The van der Waals surface area contributed by atoms with Gasteiger partial charge in [0.15, 0.2) is 0 Å². The fourth-order valence-electron chi connectivity index (χ4n) is 1.52. The summed E-state index contributed by atoms with van der Waals surface area (Å²) in [5, 5.41) is 10.8. The van der Waals surface area contributed by atoms with Gasteiger partial charge in [0, 0.05) is 12.2 Å². The van der Waals surface area contributed by atoms with Crippen LogP contribution in [0.4, 0.5) is 35.5 Å². The van der Waals surface area contributed by atoms with Gasteiger partial charge in [0.1, 0.15) is 5.69 Å². The molecule has 5 nitrogen and oxygen atoms in total. The average Bonchev–Trinajstić information content (AvgIpc) is 2.38. The molecule has 0 bridgehead atoms. The summed E-state index contributed by atoms with van der Waals surface area (Å²) in [7, 11) is 0. The van der Waals surface area contributed by atoms with Crippen molar-refractivity contribution in [2.24, 2.45) is 4.99 Å². The zero-order chi connectivity index (χ0) is 18.9. The van der Waals surface area contributed by atoms with Gasteiger partial charge in [-0.2, -0.15) is 40.5 Å². The van der Waals surface area contributed by atoms with Crippen LogP contribution >= 0.6 is 0 Å². The molecule has 2 amide bonds. The molecule has 0 radical (unpaired) electrons. The molecule has 0 saturated heterocycles. The van der Waals surface area contributed by atoms with E-state index in [1.54, 1.807) is 13.8 Å². The molecule has 0 aromatic carbocycles. The Labute approximate surface area is 130 Å². The van der Waals surface area contributed by atoms with Crippen LogP contribution < -0.4 is 10.7 Å². The van der Waals surface area contributed by atoms with Crippen LogP contribution in [0.25, 0.3) is 0 Å². The minimum atomic E-state index is -6.56. The second-order valence-electron chi connectivity index (χ2n) is 4.98. The fraction of sp³-hybridized carbons (Fsp3) is 0.500. The maximum absolute atomic E-state index is 13.6. The van der Waals surface area contributed by atoms with E-state index in [9.17, 15) is 40.7 Å². The number of amides is 2. The smallest absolute Gasteiger partial charge is 0.429 e. The van der Waals surface area contributed by atoms with Gasteiger partial charge >= 0.3 is 24.1 Å². The lowest BCUT2D eigenvalue weighted by Gasteiger charge is -2.28. The average molecular weight is 363 g/mol. The number of halogens is 7. The molecule has 0 aliphatic heterocycles. The monoisotopic (exact) mass is 363 g/mol. The van der Waals surface area contributed by atoms with Crippen molar-refractivity contribution in [2.45, 2.75) is 37.9 Å². The summed E-state index contributed by atoms with van der Waals surface area (Å²) >= 11 is 0. The van der Waals surface area contributed by atoms with Gasteiger partial charge in [0.05, 0.1) is 5.36 Å². The zero-order valence-electron chi connectivity index (χ0n) is 12.2. The molecule has 1 rings (SSSR count). The van der Waals surface area contributed by atoms with E-state index in [-0.39, 0.29) is 12.1 Å². The van der Waals surface area contributed by atoms with Crippen molar-refractivity contribution in [3.05, 3.63) is 29.4 Å². The lowest BCUT2D eigenvalue weighted by molar-refractivity contribution is -0.362. The number of alkyl halides is 7. The molecular formula is C12H12F7N3O2. The number of carbonyl (C=O) groups is 1. The molecule has 0 atom stereocenters. The standard InChI is InChI=1S/C12H12F7N3O2/c1-6(2)20-9(23)21-7-3-4-22(24)8(5-7)10(13,14)11(15,16)12(17,18)19/h3-6,24H,1-2H3,(H,20,23)/b21-7+. The molecule has 0 fully saturated rings. The molecule has 136 valence electrons. The molecule has 0 aliphatic rings. The third-order valence-corrected chi connectivity index (χ3v) is 2.63. The molecule has 0 unspecified atom stereocenters. The first-order valence-electron chi connectivity index (χ1n) is 6.30. The maximum atomic E-state index is 13.6. The van der Waals surface area contributed by atoms with Gasteiger partial charge < -0.3 is 10.5 Å². The van der Waals surface area contributed by atoms with E-state index in [1.165, 1.54) is 0 Å². The topological polar surface area (TPSA) is 66.6 Å². The van der Waals surface area contributed by atoms with Gasteiger partial charge in [0.25, 0.3) is 0 Å². The summed E-state index contributed by atoms with van der Waals surface area (Å²) in [5.74, 6) is -12.3. The number of hydrogen-bond donors (Lipinski definition) is 2. The van der Waals surface area contributed by atoms with E-state index >= 15 is 0 Å². The van der Waals surface area contributed by atoms with Crippen LogP contribution in [0.5, 0.6) is 0 Å². The summed E-state index contributed by atoms with van der Waals surface area (Å²) in [4.78, 5) is 14.6. The van der Waals surface area contributed by atoms with E-state index in [2.05, 4.69) is 10.3 Å². The minimum absolute atomic E-state index is 0.0551. The zero-order valence-corrected chi connectivity index (χ0v) is 12.2. The van der Waals surface area contributed by atoms with Crippen LogP contribution in [-0.2, 0) is 5.92 Å². The highest BCUT2D eigenvalue weighted by Gasteiger charge is 2.74. The molecule has 0 spiro atoms. The summed E-state index contributed by atoms with van der Waals surface area (Å²) in [6.45, 7) is 3.09. The van der Waals surface area contributed by atoms with Crippen LogP contribution in [0.15, 0.2) is 23.3 Å². The van der Waals surface area contributed by atoms with Crippen molar-refractivity contribution in [1.82, 2.24) is 10.0 Å². The number of nitrogens with one attached hydrogen (secondary N) is 1. The predicted octanol–water partition coefficient (Wildman–Crippen LogP) is 3.03. The molecule has 1 heterocycles. The first-order chi connectivity index (χ1) is 10.7. The molecule has 0 aliphatic carbocycles. The highest BCUT2D eigenvalue weighted by atomic mass is 19.4. The number of pyridine rings is 1. The van der Waals surface area contributed by atoms with Gasteiger partial charge in [-0.25, -0.2) is 4.79 Å². The van der Waals surface area contributed by atoms with E-state index in [0.29, 0.717) is 6.20 Å². The lowest BCUT2D eigenvalue weighted by Crippen LogP contribution is -2.51. The normalized spacial score (nSPS) is 14.2. The van der Waals surface area contributed by atoms with Gasteiger partial charge in [0.2, 0.25) is 0 Å². The maximum Gasteiger partial charge on any atom is 0.460 e. The van der Waals surface area contributed by atoms with Crippen molar-refractivity contribution < 1.29 is 40.7 Å². The van der Waals surface area contributed by atoms with E-state index in [1.807, 2.05) is 0 Å². The van der Waals surface area contributed by atoms with Crippen molar-refractivity contribution in [1.29, 1.82) is 0 Å². The Morgan fingerprint density at radius 2 is 1.75 bits per heavy atom. The lowest BCUT2D eigenvalue weighted by atomic mass is 10.1. The quantitative estimate of drug-likeness (QED) is 0.640. The van der Waals surface area contributed by atoms with E-state index in [4.69, 9.17) is 0 Å². The highest BCUT2D eigenvalue weighted by Crippen LogP contribution is 2.51. The summed E-state index contributed by atoms with van der Waals surface area (Å²) in [6, 6.07) is -0.592. The molecular weight excluding hydrogens is 351 g/mol. The van der Waals surface area contributed by atoms with Crippen molar-refractivity contribution in [2.75, 3.05) is 0 Å². The fourth-order valence-corrected chi connectivity index (χ4v) is 1.52. The third-order valence-electron chi connectivity index (χ3n) is 2.63. The molecule has 12 heteroatoms. The second-order valence-corrected chi connectivity index (χ2v) is 4.98. The largest absolute Gasteiger partial charge is 0.460 e. The Hall–Kier alpha value is -2.27. The van der Waals surface area contributed by atoms with Gasteiger partial charge in [-0.15, -0.1) is 0 Å². The summed E-state index contributed by atoms with van der Waals surface area (Å²) < 4.78 is 89.3. The Kier molecular flexibility index (Phi) is 5.21. The van der Waals surface area contributed by atoms with Gasteiger partial charge in [-0.3, -0.25) is 0 Å². The van der Waals surface area contributed by atoms with Crippen LogP contribution in [0.1, 0.15) is 19.5 Å². The van der Waals surface area contributed by atoms with Gasteiger partial charge in [-0.1, -0.05) is 0 Å². The number of hydrogen-bond acceptors (Lipinski definition) is 2. The number of aromatic nitrogens is 1. The van der Waals surface area contributed by atoms with Gasteiger partial charge in [-0.05, 0) is 26.0 Å².